The van der Waals surface area contributed by atoms with E-state index in [9.17, 15) is 4.79 Å². The molecule has 3 heteroatoms. The molecule has 0 unspecified atom stereocenters. The van der Waals surface area contributed by atoms with E-state index >= 15 is 0 Å². The Morgan fingerprint density at radius 3 is 2.19 bits per heavy atom. The lowest BCUT2D eigenvalue weighted by Crippen LogP contribution is -2.14. The standard InChI is InChI=1S/C18H20BrNO/c1-12-9-15(19)11-16(10-12)20-17(21)13-5-7-14(8-6-13)18(2,3)4/h5-11H,1-4H3,(H,20,21). The van der Waals surface area contributed by atoms with E-state index < -0.39 is 0 Å². The van der Waals surface area contributed by atoms with E-state index in [4.69, 9.17) is 0 Å². The number of aryl methyl sites for hydroxylation is 1. The molecule has 21 heavy (non-hydrogen) atoms. The van der Waals surface area contributed by atoms with Gasteiger partial charge in [-0.05, 0) is 53.8 Å². The van der Waals surface area contributed by atoms with Gasteiger partial charge >= 0.3 is 0 Å². The first-order chi connectivity index (χ1) is 9.75. The number of halogens is 1. The average Bonchev–Trinajstić information content (AvgIpc) is 2.36. The highest BCUT2D eigenvalue weighted by molar-refractivity contribution is 9.10. The summed E-state index contributed by atoms with van der Waals surface area (Å²) in [5.41, 5.74) is 3.88. The number of carbonyl (C=O) groups excluding carboxylic acids is 1. The first-order valence-corrected chi connectivity index (χ1v) is 7.74. The molecule has 2 aromatic carbocycles. The first-order valence-electron chi connectivity index (χ1n) is 6.95. The number of nitrogens with one attached hydrogen (secondary N) is 1. The Hall–Kier alpha value is -1.61. The molecule has 110 valence electrons. The SMILES string of the molecule is Cc1cc(Br)cc(NC(=O)c2ccc(C(C)(C)C)cc2)c1. The van der Waals surface area contributed by atoms with Crippen molar-refractivity contribution in [2.24, 2.45) is 0 Å². The van der Waals surface area contributed by atoms with E-state index in [1.165, 1.54) is 5.56 Å². The lowest BCUT2D eigenvalue weighted by atomic mass is 9.87. The highest BCUT2D eigenvalue weighted by atomic mass is 79.9. The molecular weight excluding hydrogens is 326 g/mol. The molecule has 0 radical (unpaired) electrons. The van der Waals surface area contributed by atoms with Crippen molar-refractivity contribution >= 4 is 27.5 Å². The number of anilines is 1. The van der Waals surface area contributed by atoms with Crippen LogP contribution in [-0.4, -0.2) is 5.91 Å². The zero-order valence-electron chi connectivity index (χ0n) is 12.8. The second-order valence-electron chi connectivity index (χ2n) is 6.30. The minimum atomic E-state index is -0.0899. The van der Waals surface area contributed by atoms with Gasteiger partial charge in [-0.3, -0.25) is 4.79 Å². The third kappa shape index (κ3) is 4.18. The summed E-state index contributed by atoms with van der Waals surface area (Å²) in [5, 5.41) is 2.93. The fourth-order valence-electron chi connectivity index (χ4n) is 2.13. The third-order valence-corrected chi connectivity index (χ3v) is 3.77. The van der Waals surface area contributed by atoms with Crippen molar-refractivity contribution < 1.29 is 4.79 Å². The molecule has 0 saturated heterocycles. The second-order valence-corrected chi connectivity index (χ2v) is 7.21. The van der Waals surface area contributed by atoms with Gasteiger partial charge in [0.1, 0.15) is 0 Å². The van der Waals surface area contributed by atoms with Gasteiger partial charge in [-0.25, -0.2) is 0 Å². The maximum Gasteiger partial charge on any atom is 0.255 e. The van der Waals surface area contributed by atoms with E-state index in [2.05, 4.69) is 42.0 Å². The summed E-state index contributed by atoms with van der Waals surface area (Å²) >= 11 is 3.44. The van der Waals surface area contributed by atoms with Crippen molar-refractivity contribution in [1.29, 1.82) is 0 Å². The third-order valence-electron chi connectivity index (χ3n) is 3.31. The van der Waals surface area contributed by atoms with Crippen molar-refractivity contribution in [3.63, 3.8) is 0 Å². The van der Waals surface area contributed by atoms with Gasteiger partial charge in [-0.2, -0.15) is 0 Å². The van der Waals surface area contributed by atoms with Gasteiger partial charge in [-0.15, -0.1) is 0 Å². The van der Waals surface area contributed by atoms with Gasteiger partial charge in [0.05, 0.1) is 0 Å². The van der Waals surface area contributed by atoms with Crippen LogP contribution in [0, 0.1) is 6.92 Å². The van der Waals surface area contributed by atoms with Crippen molar-refractivity contribution in [2.45, 2.75) is 33.1 Å². The Labute approximate surface area is 134 Å². The smallest absolute Gasteiger partial charge is 0.255 e. The zero-order chi connectivity index (χ0) is 15.6. The summed E-state index contributed by atoms with van der Waals surface area (Å²) in [4.78, 5) is 12.3. The van der Waals surface area contributed by atoms with E-state index in [0.29, 0.717) is 5.56 Å². The molecular formula is C18H20BrNO. The minimum absolute atomic E-state index is 0.0899. The summed E-state index contributed by atoms with van der Waals surface area (Å²) in [7, 11) is 0. The van der Waals surface area contributed by atoms with Gasteiger partial charge < -0.3 is 5.32 Å². The van der Waals surface area contributed by atoms with Crippen LogP contribution in [0.3, 0.4) is 0 Å². The highest BCUT2D eigenvalue weighted by Gasteiger charge is 2.14. The molecule has 0 bridgehead atoms. The van der Waals surface area contributed by atoms with Crippen molar-refractivity contribution in [3.8, 4) is 0 Å². The van der Waals surface area contributed by atoms with E-state index in [1.807, 2.05) is 49.4 Å². The van der Waals surface area contributed by atoms with Gasteiger partial charge in [0.15, 0.2) is 0 Å². The summed E-state index contributed by atoms with van der Waals surface area (Å²) in [6.07, 6.45) is 0. The Morgan fingerprint density at radius 2 is 1.67 bits per heavy atom. The molecule has 2 aromatic rings. The van der Waals surface area contributed by atoms with Crippen LogP contribution >= 0.6 is 15.9 Å². The summed E-state index contributed by atoms with van der Waals surface area (Å²) in [5.74, 6) is -0.0899. The number of carbonyl (C=O) groups is 1. The summed E-state index contributed by atoms with van der Waals surface area (Å²) in [6.45, 7) is 8.48. The molecule has 0 aliphatic carbocycles. The molecule has 1 N–H and O–H groups in total. The Balaban J connectivity index is 2.17. The molecule has 0 aliphatic rings. The number of benzene rings is 2. The van der Waals surface area contributed by atoms with Crippen LogP contribution in [-0.2, 0) is 5.41 Å². The summed E-state index contributed by atoms with van der Waals surface area (Å²) in [6, 6.07) is 13.6. The van der Waals surface area contributed by atoms with Gasteiger partial charge in [-0.1, -0.05) is 48.8 Å². The predicted octanol–water partition coefficient (Wildman–Crippen LogP) is 5.31. The summed E-state index contributed by atoms with van der Waals surface area (Å²) < 4.78 is 0.959. The van der Waals surface area contributed by atoms with Crippen LogP contribution in [0.5, 0.6) is 0 Å². The van der Waals surface area contributed by atoms with E-state index in [1.54, 1.807) is 0 Å². The maximum absolute atomic E-state index is 12.3. The van der Waals surface area contributed by atoms with Crippen LogP contribution in [0.25, 0.3) is 0 Å². The molecule has 1 amide bonds. The molecule has 0 fully saturated rings. The van der Waals surface area contributed by atoms with E-state index in [-0.39, 0.29) is 11.3 Å². The zero-order valence-corrected chi connectivity index (χ0v) is 14.4. The van der Waals surface area contributed by atoms with E-state index in [0.717, 1.165) is 15.7 Å². The lowest BCUT2D eigenvalue weighted by molar-refractivity contribution is 0.102. The Morgan fingerprint density at radius 1 is 1.05 bits per heavy atom. The second kappa shape index (κ2) is 6.02. The Bertz CT molecular complexity index is 634. The topological polar surface area (TPSA) is 29.1 Å². The fourth-order valence-corrected chi connectivity index (χ4v) is 2.74. The highest BCUT2D eigenvalue weighted by Crippen LogP contribution is 2.23. The normalized spacial score (nSPS) is 11.3. The maximum atomic E-state index is 12.3. The molecule has 0 spiro atoms. The quantitative estimate of drug-likeness (QED) is 0.785. The van der Waals surface area contributed by atoms with Crippen molar-refractivity contribution in [2.75, 3.05) is 5.32 Å². The molecule has 0 aliphatic heterocycles. The van der Waals surface area contributed by atoms with Crippen LogP contribution in [0.4, 0.5) is 5.69 Å². The minimum Gasteiger partial charge on any atom is -0.322 e. The van der Waals surface area contributed by atoms with Gasteiger partial charge in [0.25, 0.3) is 5.91 Å². The van der Waals surface area contributed by atoms with Crippen LogP contribution in [0.2, 0.25) is 0 Å². The van der Waals surface area contributed by atoms with Crippen molar-refractivity contribution in [1.82, 2.24) is 0 Å². The molecule has 0 heterocycles. The van der Waals surface area contributed by atoms with Crippen molar-refractivity contribution in [3.05, 3.63) is 63.6 Å². The van der Waals surface area contributed by atoms with Gasteiger partial charge in [0.2, 0.25) is 0 Å². The largest absolute Gasteiger partial charge is 0.322 e. The lowest BCUT2D eigenvalue weighted by Gasteiger charge is -2.19. The molecule has 2 nitrogen and oxygen atoms in total. The predicted molar refractivity (Wildman–Crippen MR) is 92.0 cm³/mol. The van der Waals surface area contributed by atoms with Gasteiger partial charge in [0, 0.05) is 15.7 Å². The fraction of sp³-hybridized carbons (Fsp3) is 0.278. The number of rotatable bonds is 2. The monoisotopic (exact) mass is 345 g/mol. The number of hydrogen-bond donors (Lipinski definition) is 1. The van der Waals surface area contributed by atoms with Crippen LogP contribution < -0.4 is 5.32 Å². The molecule has 0 aromatic heterocycles. The van der Waals surface area contributed by atoms with Crippen LogP contribution in [0.15, 0.2) is 46.9 Å². The Kier molecular flexibility index (Phi) is 4.52. The number of hydrogen-bond acceptors (Lipinski definition) is 1. The first kappa shape index (κ1) is 15.8. The molecule has 2 rings (SSSR count). The molecule has 0 saturated carbocycles. The molecule has 0 atom stereocenters. The van der Waals surface area contributed by atoms with Crippen LogP contribution in [0.1, 0.15) is 42.3 Å². The average molecular weight is 346 g/mol. The number of amides is 1.